The molecule has 0 unspecified atom stereocenters. The Kier molecular flexibility index (Phi) is 2.57. The molecule has 0 atom stereocenters. The molecular weight excluding hydrogens is 208 g/mol. The molecule has 0 aliphatic carbocycles. The van der Waals surface area contributed by atoms with Crippen LogP contribution >= 0.6 is 11.6 Å². The number of halogens is 1. The Labute approximate surface area is 93.1 Å². The van der Waals surface area contributed by atoms with Crippen LogP contribution in [0.25, 0.3) is 10.9 Å². The third kappa shape index (κ3) is 1.93. The number of nitrogens with zero attached hydrogens (tertiary/aromatic N) is 2. The van der Waals surface area contributed by atoms with Gasteiger partial charge < -0.3 is 0 Å². The summed E-state index contributed by atoms with van der Waals surface area (Å²) >= 11 is 5.93. The zero-order valence-corrected chi connectivity index (χ0v) is 9.04. The van der Waals surface area contributed by atoms with Crippen LogP contribution in [-0.4, -0.2) is 4.98 Å². The van der Waals surface area contributed by atoms with Gasteiger partial charge in [0, 0.05) is 5.39 Å². The van der Waals surface area contributed by atoms with Gasteiger partial charge in [-0.2, -0.15) is 5.26 Å². The number of aromatic nitrogens is 1. The van der Waals surface area contributed by atoms with Crippen molar-refractivity contribution in [3.63, 3.8) is 0 Å². The number of nitriles is 1. The minimum Gasteiger partial charge on any atom is -0.236 e. The molecule has 0 spiro atoms. The predicted molar refractivity (Wildman–Crippen MR) is 60.8 cm³/mol. The quantitative estimate of drug-likeness (QED) is 0.686. The first-order valence-electron chi connectivity index (χ1n) is 4.63. The van der Waals surface area contributed by atoms with Crippen LogP contribution in [0, 0.1) is 18.3 Å². The zero-order valence-electron chi connectivity index (χ0n) is 8.29. The van der Waals surface area contributed by atoms with E-state index in [0.717, 1.165) is 22.0 Å². The molecule has 2 rings (SSSR count). The lowest BCUT2D eigenvalue weighted by Crippen LogP contribution is -1.87. The molecule has 0 aliphatic heterocycles. The van der Waals surface area contributed by atoms with E-state index in [1.165, 1.54) is 0 Å². The minimum atomic E-state index is 0.428. The van der Waals surface area contributed by atoms with E-state index < -0.39 is 0 Å². The highest BCUT2D eigenvalue weighted by Crippen LogP contribution is 2.20. The maximum atomic E-state index is 8.60. The summed E-state index contributed by atoms with van der Waals surface area (Å²) in [5.74, 6) is 0. The van der Waals surface area contributed by atoms with Crippen molar-refractivity contribution in [2.45, 2.75) is 13.3 Å². The van der Waals surface area contributed by atoms with Crippen molar-refractivity contribution in [2.24, 2.45) is 0 Å². The van der Waals surface area contributed by atoms with E-state index in [1.807, 2.05) is 31.2 Å². The fraction of sp³-hybridized carbons (Fsp3) is 0.167. The van der Waals surface area contributed by atoms with Gasteiger partial charge in [0.05, 0.1) is 18.0 Å². The molecule has 15 heavy (non-hydrogen) atoms. The summed E-state index contributed by atoms with van der Waals surface area (Å²) in [6.07, 6.45) is 0.428. The lowest BCUT2D eigenvalue weighted by atomic mass is 10.1. The Morgan fingerprint density at radius 1 is 1.40 bits per heavy atom. The molecule has 0 radical (unpaired) electrons. The SMILES string of the molecule is Cc1cc2cc(CC#N)ccc2nc1Cl. The summed E-state index contributed by atoms with van der Waals surface area (Å²) in [5, 5.41) is 10.2. The van der Waals surface area contributed by atoms with Crippen molar-refractivity contribution >= 4 is 22.5 Å². The Morgan fingerprint density at radius 3 is 2.93 bits per heavy atom. The van der Waals surface area contributed by atoms with Crippen LogP contribution < -0.4 is 0 Å². The van der Waals surface area contributed by atoms with Gasteiger partial charge >= 0.3 is 0 Å². The summed E-state index contributed by atoms with van der Waals surface area (Å²) in [5.41, 5.74) is 2.83. The van der Waals surface area contributed by atoms with Crippen LogP contribution in [0.3, 0.4) is 0 Å². The molecule has 1 aromatic carbocycles. The first kappa shape index (κ1) is 9.95. The first-order chi connectivity index (χ1) is 7.20. The van der Waals surface area contributed by atoms with Gasteiger partial charge in [-0.1, -0.05) is 17.7 Å². The molecule has 1 heterocycles. The lowest BCUT2D eigenvalue weighted by molar-refractivity contribution is 1.26. The van der Waals surface area contributed by atoms with E-state index in [9.17, 15) is 0 Å². The van der Waals surface area contributed by atoms with Crippen molar-refractivity contribution in [2.75, 3.05) is 0 Å². The van der Waals surface area contributed by atoms with E-state index in [-0.39, 0.29) is 0 Å². The highest BCUT2D eigenvalue weighted by atomic mass is 35.5. The molecule has 0 N–H and O–H groups in total. The van der Waals surface area contributed by atoms with Crippen LogP contribution in [0.2, 0.25) is 5.15 Å². The Bertz CT molecular complexity index is 555. The molecule has 2 aromatic rings. The van der Waals surface area contributed by atoms with E-state index in [4.69, 9.17) is 16.9 Å². The van der Waals surface area contributed by atoms with Crippen LogP contribution in [0.4, 0.5) is 0 Å². The predicted octanol–water partition coefficient (Wildman–Crippen LogP) is 3.26. The van der Waals surface area contributed by atoms with Gasteiger partial charge in [-0.05, 0) is 36.2 Å². The molecule has 2 nitrogen and oxygen atoms in total. The molecule has 0 bridgehead atoms. The Hall–Kier alpha value is -1.59. The average Bonchev–Trinajstić information content (AvgIpc) is 2.21. The van der Waals surface area contributed by atoms with E-state index in [1.54, 1.807) is 0 Å². The van der Waals surface area contributed by atoms with Crippen LogP contribution in [0.15, 0.2) is 24.3 Å². The van der Waals surface area contributed by atoms with Gasteiger partial charge in [-0.25, -0.2) is 4.98 Å². The maximum absolute atomic E-state index is 8.60. The highest BCUT2D eigenvalue weighted by Gasteiger charge is 2.01. The summed E-state index contributed by atoms with van der Waals surface area (Å²) < 4.78 is 0. The molecule has 0 saturated carbocycles. The standard InChI is InChI=1S/C12H9ClN2/c1-8-6-10-7-9(4-5-14)2-3-11(10)15-12(8)13/h2-3,6-7H,4H2,1H3. The normalized spacial score (nSPS) is 10.2. The van der Waals surface area contributed by atoms with Crippen molar-refractivity contribution in [1.29, 1.82) is 5.26 Å². The zero-order chi connectivity index (χ0) is 10.8. The maximum Gasteiger partial charge on any atom is 0.132 e. The number of benzene rings is 1. The van der Waals surface area contributed by atoms with Crippen molar-refractivity contribution in [1.82, 2.24) is 4.98 Å². The number of rotatable bonds is 1. The number of fused-ring (bicyclic) bond motifs is 1. The summed E-state index contributed by atoms with van der Waals surface area (Å²) in [6.45, 7) is 1.92. The van der Waals surface area contributed by atoms with Gasteiger partial charge in [-0.15, -0.1) is 0 Å². The van der Waals surface area contributed by atoms with Crippen LogP contribution in [-0.2, 0) is 6.42 Å². The third-order valence-corrected chi connectivity index (χ3v) is 2.67. The number of hydrogen-bond donors (Lipinski definition) is 0. The molecule has 1 aromatic heterocycles. The first-order valence-corrected chi connectivity index (χ1v) is 5.01. The number of aryl methyl sites for hydroxylation is 1. The van der Waals surface area contributed by atoms with E-state index in [2.05, 4.69) is 11.1 Å². The molecular formula is C12H9ClN2. The largest absolute Gasteiger partial charge is 0.236 e. The highest BCUT2D eigenvalue weighted by molar-refractivity contribution is 6.30. The van der Waals surface area contributed by atoms with Gasteiger partial charge in [0.2, 0.25) is 0 Å². The van der Waals surface area contributed by atoms with Gasteiger partial charge in [0.25, 0.3) is 0 Å². The second-order valence-electron chi connectivity index (χ2n) is 3.46. The monoisotopic (exact) mass is 216 g/mol. The van der Waals surface area contributed by atoms with Crippen LogP contribution in [0.1, 0.15) is 11.1 Å². The third-order valence-electron chi connectivity index (χ3n) is 2.29. The van der Waals surface area contributed by atoms with E-state index in [0.29, 0.717) is 11.6 Å². The van der Waals surface area contributed by atoms with Crippen molar-refractivity contribution in [3.05, 3.63) is 40.5 Å². The number of hydrogen-bond acceptors (Lipinski definition) is 2. The Morgan fingerprint density at radius 2 is 2.20 bits per heavy atom. The number of pyridine rings is 1. The fourth-order valence-corrected chi connectivity index (χ4v) is 1.65. The van der Waals surface area contributed by atoms with E-state index >= 15 is 0 Å². The lowest BCUT2D eigenvalue weighted by Gasteiger charge is -2.02. The molecule has 74 valence electrons. The Balaban J connectivity index is 2.62. The van der Waals surface area contributed by atoms with Crippen molar-refractivity contribution in [3.8, 4) is 6.07 Å². The van der Waals surface area contributed by atoms with Gasteiger partial charge in [-0.3, -0.25) is 0 Å². The second kappa shape index (κ2) is 3.88. The summed E-state index contributed by atoms with van der Waals surface area (Å²) in [6, 6.07) is 9.90. The smallest absolute Gasteiger partial charge is 0.132 e. The molecule has 0 amide bonds. The fourth-order valence-electron chi connectivity index (χ4n) is 1.51. The molecule has 0 aliphatic rings. The average molecular weight is 217 g/mol. The summed E-state index contributed by atoms with van der Waals surface area (Å²) in [7, 11) is 0. The second-order valence-corrected chi connectivity index (χ2v) is 3.82. The van der Waals surface area contributed by atoms with Gasteiger partial charge in [0.15, 0.2) is 0 Å². The topological polar surface area (TPSA) is 36.7 Å². The van der Waals surface area contributed by atoms with Crippen LogP contribution in [0.5, 0.6) is 0 Å². The molecule has 3 heteroatoms. The summed E-state index contributed by atoms with van der Waals surface area (Å²) in [4.78, 5) is 4.26. The molecule has 0 fully saturated rings. The molecule has 0 saturated heterocycles. The van der Waals surface area contributed by atoms with Crippen molar-refractivity contribution < 1.29 is 0 Å². The van der Waals surface area contributed by atoms with Gasteiger partial charge in [0.1, 0.15) is 5.15 Å². The minimum absolute atomic E-state index is 0.428.